The summed E-state index contributed by atoms with van der Waals surface area (Å²) in [7, 11) is -4.10. The second-order valence-electron chi connectivity index (χ2n) is 3.32. The smallest absolute Gasteiger partial charge is 0.371 e. The Morgan fingerprint density at radius 2 is 2.00 bits per heavy atom. The number of phosphoric acid groups is 1. The van der Waals surface area contributed by atoms with Gasteiger partial charge in [-0.1, -0.05) is 30.3 Å². The van der Waals surface area contributed by atoms with E-state index < -0.39 is 20.1 Å². The molecule has 1 aromatic carbocycles. The van der Waals surface area contributed by atoms with Crippen LogP contribution in [0, 0.1) is 0 Å². The summed E-state index contributed by atoms with van der Waals surface area (Å²) in [5.41, 5.74) is 0.379. The highest BCUT2D eigenvalue weighted by Gasteiger charge is 2.33. The van der Waals surface area contributed by atoms with Gasteiger partial charge >= 0.3 is 13.8 Å². The quantitative estimate of drug-likeness (QED) is 0.633. The Balaban J connectivity index is 2.78. The Bertz CT molecular complexity index is 432. The van der Waals surface area contributed by atoms with Gasteiger partial charge in [-0.3, -0.25) is 9.32 Å². The first-order valence-corrected chi connectivity index (χ1v) is 6.79. The van der Waals surface area contributed by atoms with Gasteiger partial charge in [0.05, 0.1) is 6.61 Å². The van der Waals surface area contributed by atoms with E-state index in [2.05, 4.69) is 4.52 Å². The van der Waals surface area contributed by atoms with Crippen LogP contribution in [-0.4, -0.2) is 17.7 Å². The molecule has 18 heavy (non-hydrogen) atoms. The molecule has 0 radical (unpaired) electrons. The SMILES string of the molecule is CCOP(=O)(OC(C)=O)OC(O)c1ccccc1. The molecule has 0 aliphatic carbocycles. The summed E-state index contributed by atoms with van der Waals surface area (Å²) in [6.45, 7) is 2.66. The number of carbonyl (C=O) groups is 1. The molecule has 0 heterocycles. The zero-order valence-electron chi connectivity index (χ0n) is 10.1. The van der Waals surface area contributed by atoms with E-state index in [0.717, 1.165) is 6.92 Å². The van der Waals surface area contributed by atoms with Crippen molar-refractivity contribution in [1.82, 2.24) is 0 Å². The first kappa shape index (κ1) is 14.9. The lowest BCUT2D eigenvalue weighted by atomic mass is 10.2. The number of benzene rings is 1. The van der Waals surface area contributed by atoms with Crippen LogP contribution < -0.4 is 0 Å². The molecule has 0 aliphatic rings. The molecule has 2 unspecified atom stereocenters. The molecule has 6 nitrogen and oxygen atoms in total. The largest absolute Gasteiger partial charge is 0.534 e. The number of hydrogen-bond donors (Lipinski definition) is 1. The van der Waals surface area contributed by atoms with Crippen molar-refractivity contribution in [2.24, 2.45) is 0 Å². The van der Waals surface area contributed by atoms with Gasteiger partial charge in [0.1, 0.15) is 0 Å². The van der Waals surface area contributed by atoms with E-state index in [9.17, 15) is 14.5 Å². The van der Waals surface area contributed by atoms with Crippen LogP contribution in [0.5, 0.6) is 0 Å². The topological polar surface area (TPSA) is 82.1 Å². The Morgan fingerprint density at radius 1 is 1.39 bits per heavy atom. The van der Waals surface area contributed by atoms with E-state index in [1.54, 1.807) is 37.3 Å². The Labute approximate surface area is 105 Å². The van der Waals surface area contributed by atoms with Crippen LogP contribution in [0.25, 0.3) is 0 Å². The monoisotopic (exact) mass is 274 g/mol. The molecule has 1 N–H and O–H groups in total. The van der Waals surface area contributed by atoms with Gasteiger partial charge in [0.25, 0.3) is 0 Å². The van der Waals surface area contributed by atoms with Gasteiger partial charge in [0.15, 0.2) is 6.29 Å². The van der Waals surface area contributed by atoms with E-state index in [4.69, 9.17) is 9.05 Å². The van der Waals surface area contributed by atoms with E-state index in [1.165, 1.54) is 0 Å². The third kappa shape index (κ3) is 4.58. The highest BCUT2D eigenvalue weighted by atomic mass is 31.2. The standard InChI is InChI=1S/C11H15O6P/c1-3-15-18(14,16-9(2)12)17-11(13)10-7-5-4-6-8-10/h4-8,11,13H,3H2,1-2H3. The molecular weight excluding hydrogens is 259 g/mol. The molecular formula is C11H15O6P. The van der Waals surface area contributed by atoms with E-state index in [0.29, 0.717) is 5.56 Å². The van der Waals surface area contributed by atoms with Crippen LogP contribution in [0.15, 0.2) is 30.3 Å². The molecule has 2 atom stereocenters. The summed E-state index contributed by atoms with van der Waals surface area (Å²) >= 11 is 0. The van der Waals surface area contributed by atoms with Crippen LogP contribution in [0.1, 0.15) is 25.7 Å². The second kappa shape index (κ2) is 6.66. The minimum Gasteiger partial charge on any atom is -0.371 e. The minimum atomic E-state index is -4.10. The molecule has 100 valence electrons. The number of hydrogen-bond acceptors (Lipinski definition) is 6. The Morgan fingerprint density at radius 3 is 2.50 bits per heavy atom. The van der Waals surface area contributed by atoms with Crippen molar-refractivity contribution in [3.8, 4) is 0 Å². The fourth-order valence-corrected chi connectivity index (χ4v) is 2.35. The summed E-state index contributed by atoms with van der Waals surface area (Å²) in [4.78, 5) is 10.8. The first-order chi connectivity index (χ1) is 8.47. The zero-order chi connectivity index (χ0) is 13.6. The maximum Gasteiger partial charge on any atom is 0.534 e. The van der Waals surface area contributed by atoms with Crippen molar-refractivity contribution >= 4 is 13.8 Å². The highest BCUT2D eigenvalue weighted by Crippen LogP contribution is 2.52. The fourth-order valence-electron chi connectivity index (χ4n) is 1.19. The molecule has 1 aromatic rings. The summed E-state index contributed by atoms with van der Waals surface area (Å²) in [6.07, 6.45) is -1.50. The maximum absolute atomic E-state index is 12.0. The minimum absolute atomic E-state index is 0.0199. The number of aliphatic hydroxyl groups is 1. The number of phosphoric ester groups is 1. The Hall–Kier alpha value is -1.20. The van der Waals surface area contributed by atoms with Crippen LogP contribution in [0.2, 0.25) is 0 Å². The Kier molecular flexibility index (Phi) is 5.50. The van der Waals surface area contributed by atoms with Crippen LogP contribution in [-0.2, 0) is 22.9 Å². The van der Waals surface area contributed by atoms with Crippen molar-refractivity contribution in [1.29, 1.82) is 0 Å². The summed E-state index contributed by atoms with van der Waals surface area (Å²) in [5, 5.41) is 9.73. The average Bonchev–Trinajstić information content (AvgIpc) is 2.28. The van der Waals surface area contributed by atoms with Gasteiger partial charge in [-0.05, 0) is 6.92 Å². The van der Waals surface area contributed by atoms with Crippen LogP contribution >= 0.6 is 7.82 Å². The lowest BCUT2D eigenvalue weighted by Gasteiger charge is -2.19. The molecule has 1 rings (SSSR count). The van der Waals surface area contributed by atoms with Crippen molar-refractivity contribution < 1.29 is 28.0 Å². The second-order valence-corrected chi connectivity index (χ2v) is 4.86. The van der Waals surface area contributed by atoms with Gasteiger partial charge in [0, 0.05) is 12.5 Å². The molecule has 0 saturated carbocycles. The molecule has 0 aliphatic heterocycles. The molecule has 0 saturated heterocycles. The maximum atomic E-state index is 12.0. The summed E-state index contributed by atoms with van der Waals surface area (Å²) in [6, 6.07) is 8.27. The third-order valence-electron chi connectivity index (χ3n) is 1.84. The molecule has 7 heteroatoms. The van der Waals surface area contributed by atoms with Crippen molar-refractivity contribution in [2.75, 3.05) is 6.61 Å². The van der Waals surface area contributed by atoms with Gasteiger partial charge in [0.2, 0.25) is 0 Å². The third-order valence-corrected chi connectivity index (χ3v) is 3.35. The zero-order valence-corrected chi connectivity index (χ0v) is 11.0. The predicted octanol–water partition coefficient (Wildman–Crippen LogP) is 2.40. The van der Waals surface area contributed by atoms with Crippen LogP contribution in [0.3, 0.4) is 0 Å². The lowest BCUT2D eigenvalue weighted by molar-refractivity contribution is -0.135. The van der Waals surface area contributed by atoms with Crippen molar-refractivity contribution in [2.45, 2.75) is 20.1 Å². The van der Waals surface area contributed by atoms with E-state index >= 15 is 0 Å². The fraction of sp³-hybridized carbons (Fsp3) is 0.364. The van der Waals surface area contributed by atoms with Gasteiger partial charge in [-0.15, -0.1) is 0 Å². The summed E-state index contributed by atoms with van der Waals surface area (Å²) < 4.78 is 26.0. The molecule has 0 fully saturated rings. The normalized spacial score (nSPS) is 15.7. The molecule has 0 spiro atoms. The summed E-state index contributed by atoms with van der Waals surface area (Å²) in [5.74, 6) is -0.813. The molecule has 0 bridgehead atoms. The molecule has 0 aromatic heterocycles. The number of rotatable bonds is 6. The van der Waals surface area contributed by atoms with E-state index in [1.807, 2.05) is 0 Å². The van der Waals surface area contributed by atoms with Gasteiger partial charge < -0.3 is 9.63 Å². The van der Waals surface area contributed by atoms with Gasteiger partial charge in [-0.2, -0.15) is 0 Å². The predicted molar refractivity (Wildman–Crippen MR) is 63.5 cm³/mol. The van der Waals surface area contributed by atoms with Crippen LogP contribution in [0.4, 0.5) is 0 Å². The van der Waals surface area contributed by atoms with Gasteiger partial charge in [-0.25, -0.2) is 9.09 Å². The number of aliphatic hydroxyl groups excluding tert-OH is 1. The lowest BCUT2D eigenvalue weighted by Crippen LogP contribution is -2.08. The van der Waals surface area contributed by atoms with E-state index in [-0.39, 0.29) is 6.61 Å². The van der Waals surface area contributed by atoms with Crippen molar-refractivity contribution in [3.63, 3.8) is 0 Å². The first-order valence-electron chi connectivity index (χ1n) is 5.33. The average molecular weight is 274 g/mol. The van der Waals surface area contributed by atoms with Crippen molar-refractivity contribution in [3.05, 3.63) is 35.9 Å². The number of carbonyl (C=O) groups excluding carboxylic acids is 1. The highest BCUT2D eigenvalue weighted by molar-refractivity contribution is 7.49. The molecule has 0 amide bonds.